The number of rotatable bonds is 4. The van der Waals surface area contributed by atoms with Crippen LogP contribution >= 0.6 is 0 Å². The van der Waals surface area contributed by atoms with Gasteiger partial charge in [0.2, 0.25) is 0 Å². The molecule has 2 rings (SSSR count). The molecule has 0 saturated heterocycles. The van der Waals surface area contributed by atoms with E-state index in [9.17, 15) is 4.79 Å². The second-order valence-electron chi connectivity index (χ2n) is 5.15. The maximum atomic E-state index is 12.0. The van der Waals surface area contributed by atoms with Gasteiger partial charge in [0.25, 0.3) is 5.91 Å². The predicted molar refractivity (Wildman–Crippen MR) is 80.1 cm³/mol. The van der Waals surface area contributed by atoms with Crippen molar-refractivity contribution in [3.8, 4) is 5.75 Å². The van der Waals surface area contributed by atoms with E-state index in [1.54, 1.807) is 24.3 Å². The Morgan fingerprint density at radius 1 is 1.35 bits per heavy atom. The number of hydrogen-bond acceptors (Lipinski definition) is 3. The molecule has 0 radical (unpaired) electrons. The summed E-state index contributed by atoms with van der Waals surface area (Å²) in [7, 11) is 0. The second-order valence-corrected chi connectivity index (χ2v) is 5.15. The van der Waals surface area contributed by atoms with Crippen LogP contribution < -0.4 is 10.2 Å². The Kier molecular flexibility index (Phi) is 5.16. The fourth-order valence-corrected chi connectivity index (χ4v) is 2.39. The minimum Gasteiger partial charge on any atom is -0.494 e. The number of nitrogens with zero attached hydrogens (tertiary/aromatic N) is 1. The Morgan fingerprint density at radius 2 is 2.10 bits per heavy atom. The minimum absolute atomic E-state index is 0.168. The monoisotopic (exact) mass is 274 g/mol. The highest BCUT2D eigenvalue weighted by atomic mass is 16.5. The van der Waals surface area contributed by atoms with E-state index < -0.39 is 0 Å². The highest BCUT2D eigenvalue weighted by Crippen LogP contribution is 2.20. The third-order valence-corrected chi connectivity index (χ3v) is 3.62. The lowest BCUT2D eigenvalue weighted by Gasteiger charge is -2.19. The Morgan fingerprint density at radius 3 is 2.75 bits per heavy atom. The largest absolute Gasteiger partial charge is 0.494 e. The molecule has 4 heteroatoms. The van der Waals surface area contributed by atoms with Gasteiger partial charge in [-0.15, -0.1) is 0 Å². The lowest BCUT2D eigenvalue weighted by molar-refractivity contribution is 0.0954. The first kappa shape index (κ1) is 14.6. The zero-order chi connectivity index (χ0) is 14.4. The van der Waals surface area contributed by atoms with Crippen molar-refractivity contribution >= 4 is 11.6 Å². The Bertz CT molecular complexity index is 480. The van der Waals surface area contributed by atoms with E-state index in [-0.39, 0.29) is 5.91 Å². The summed E-state index contributed by atoms with van der Waals surface area (Å²) in [6, 6.07) is 7.11. The fourth-order valence-electron chi connectivity index (χ4n) is 2.39. The molecule has 1 aliphatic rings. The van der Waals surface area contributed by atoms with Gasteiger partial charge in [-0.25, -0.2) is 5.43 Å². The van der Waals surface area contributed by atoms with Crippen molar-refractivity contribution in [1.82, 2.24) is 5.43 Å². The molecule has 1 aromatic rings. The topological polar surface area (TPSA) is 50.7 Å². The molecule has 0 aromatic heterocycles. The first-order chi connectivity index (χ1) is 9.70. The van der Waals surface area contributed by atoms with Crippen LogP contribution in [0.5, 0.6) is 5.75 Å². The van der Waals surface area contributed by atoms with Gasteiger partial charge in [-0.1, -0.05) is 13.3 Å². The maximum Gasteiger partial charge on any atom is 0.271 e. The molecule has 0 unspecified atom stereocenters. The Labute approximate surface area is 120 Å². The lowest BCUT2D eigenvalue weighted by atomic mass is 9.89. The summed E-state index contributed by atoms with van der Waals surface area (Å²) < 4.78 is 5.35. The number of hydrazone groups is 1. The number of carbonyl (C=O) groups is 1. The van der Waals surface area contributed by atoms with Crippen molar-refractivity contribution in [3.63, 3.8) is 0 Å². The molecule has 1 aromatic carbocycles. The van der Waals surface area contributed by atoms with Crippen LogP contribution in [-0.4, -0.2) is 18.2 Å². The molecule has 1 fully saturated rings. The average molecular weight is 274 g/mol. The van der Waals surface area contributed by atoms with Gasteiger partial charge in [-0.3, -0.25) is 4.79 Å². The molecule has 20 heavy (non-hydrogen) atoms. The molecule has 1 saturated carbocycles. The van der Waals surface area contributed by atoms with Crippen molar-refractivity contribution < 1.29 is 9.53 Å². The van der Waals surface area contributed by atoms with Crippen molar-refractivity contribution in [3.05, 3.63) is 29.8 Å². The summed E-state index contributed by atoms with van der Waals surface area (Å²) in [5, 5.41) is 4.29. The van der Waals surface area contributed by atoms with Crippen LogP contribution in [-0.2, 0) is 0 Å². The zero-order valence-electron chi connectivity index (χ0n) is 12.2. The molecule has 1 amide bonds. The van der Waals surface area contributed by atoms with Crippen LogP contribution in [0.4, 0.5) is 0 Å². The zero-order valence-corrected chi connectivity index (χ0v) is 12.2. The quantitative estimate of drug-likeness (QED) is 0.856. The number of benzene rings is 1. The van der Waals surface area contributed by atoms with Crippen LogP contribution in [0.15, 0.2) is 29.4 Å². The summed E-state index contributed by atoms with van der Waals surface area (Å²) in [6.45, 7) is 4.72. The van der Waals surface area contributed by atoms with E-state index in [2.05, 4.69) is 17.5 Å². The van der Waals surface area contributed by atoms with Gasteiger partial charge in [0.15, 0.2) is 0 Å². The first-order valence-corrected chi connectivity index (χ1v) is 7.30. The molecule has 4 nitrogen and oxygen atoms in total. The van der Waals surface area contributed by atoms with Gasteiger partial charge < -0.3 is 4.74 Å². The third kappa shape index (κ3) is 3.83. The van der Waals surface area contributed by atoms with Crippen LogP contribution in [0, 0.1) is 5.92 Å². The van der Waals surface area contributed by atoms with Crippen LogP contribution in [0.3, 0.4) is 0 Å². The Balaban J connectivity index is 1.95. The van der Waals surface area contributed by atoms with Crippen LogP contribution in [0.2, 0.25) is 0 Å². The standard InChI is InChI=1S/C16H22N2O2/c1-3-20-14-10-8-13(9-11-14)16(19)18-17-15-7-5-4-6-12(15)2/h8-12H,3-7H2,1-2H3,(H,18,19)/b17-15-/t12-/m0/s1. The molecule has 0 aliphatic heterocycles. The van der Waals surface area contributed by atoms with Gasteiger partial charge in [0.1, 0.15) is 5.75 Å². The second kappa shape index (κ2) is 7.08. The van der Waals surface area contributed by atoms with Gasteiger partial charge in [-0.05, 0) is 56.4 Å². The van der Waals surface area contributed by atoms with E-state index >= 15 is 0 Å². The van der Waals surface area contributed by atoms with Crippen molar-refractivity contribution in [2.45, 2.75) is 39.5 Å². The summed E-state index contributed by atoms with van der Waals surface area (Å²) in [5.41, 5.74) is 4.36. The average Bonchev–Trinajstić information content (AvgIpc) is 2.47. The van der Waals surface area contributed by atoms with E-state index in [0.717, 1.165) is 24.3 Å². The van der Waals surface area contributed by atoms with Crippen LogP contribution in [0.1, 0.15) is 49.9 Å². The van der Waals surface area contributed by atoms with Gasteiger partial charge in [-0.2, -0.15) is 5.10 Å². The molecule has 0 bridgehead atoms. The number of nitrogens with one attached hydrogen (secondary N) is 1. The summed E-state index contributed by atoms with van der Waals surface area (Å²) >= 11 is 0. The highest BCUT2D eigenvalue weighted by molar-refractivity contribution is 5.96. The first-order valence-electron chi connectivity index (χ1n) is 7.30. The molecular weight excluding hydrogens is 252 g/mol. The molecule has 108 valence electrons. The van der Waals surface area contributed by atoms with E-state index in [0.29, 0.717) is 18.1 Å². The summed E-state index contributed by atoms with van der Waals surface area (Å²) in [5.74, 6) is 1.08. The SMILES string of the molecule is CCOc1ccc(C(=O)N/N=C2/CCCC[C@@H]2C)cc1. The summed E-state index contributed by atoms with van der Waals surface area (Å²) in [6.07, 6.45) is 4.58. The smallest absolute Gasteiger partial charge is 0.271 e. The predicted octanol–water partition coefficient (Wildman–Crippen LogP) is 3.38. The maximum absolute atomic E-state index is 12.0. The summed E-state index contributed by atoms with van der Waals surface area (Å²) in [4.78, 5) is 12.0. The van der Waals surface area contributed by atoms with E-state index in [4.69, 9.17) is 4.74 Å². The fraction of sp³-hybridized carbons (Fsp3) is 0.500. The molecule has 0 spiro atoms. The van der Waals surface area contributed by atoms with Gasteiger partial charge >= 0.3 is 0 Å². The number of amides is 1. The molecule has 1 atom stereocenters. The van der Waals surface area contributed by atoms with Crippen molar-refractivity contribution in [2.24, 2.45) is 11.0 Å². The molecular formula is C16H22N2O2. The number of carbonyl (C=O) groups excluding carboxylic acids is 1. The molecule has 1 N–H and O–H groups in total. The number of hydrogen-bond donors (Lipinski definition) is 1. The van der Waals surface area contributed by atoms with E-state index in [1.165, 1.54) is 12.8 Å². The highest BCUT2D eigenvalue weighted by Gasteiger charge is 2.16. The van der Waals surface area contributed by atoms with Crippen molar-refractivity contribution in [1.29, 1.82) is 0 Å². The number of ether oxygens (including phenoxy) is 1. The third-order valence-electron chi connectivity index (χ3n) is 3.62. The molecule has 0 heterocycles. The normalized spacial score (nSPS) is 20.7. The van der Waals surface area contributed by atoms with E-state index in [1.807, 2.05) is 6.92 Å². The van der Waals surface area contributed by atoms with Gasteiger partial charge in [0.05, 0.1) is 6.61 Å². The minimum atomic E-state index is -0.168. The van der Waals surface area contributed by atoms with Crippen LogP contribution in [0.25, 0.3) is 0 Å². The molecule has 1 aliphatic carbocycles. The lowest BCUT2D eigenvalue weighted by Crippen LogP contribution is -2.24. The van der Waals surface area contributed by atoms with Crippen molar-refractivity contribution in [2.75, 3.05) is 6.61 Å². The Hall–Kier alpha value is -1.84. The van der Waals surface area contributed by atoms with Gasteiger partial charge in [0, 0.05) is 11.3 Å².